The number of hydrogen-bond acceptors (Lipinski definition) is 5. The summed E-state index contributed by atoms with van der Waals surface area (Å²) >= 11 is 6.55. The summed E-state index contributed by atoms with van der Waals surface area (Å²) in [7, 11) is 0. The second-order valence-electron chi connectivity index (χ2n) is 6.52. The Morgan fingerprint density at radius 1 is 1.21 bits per heavy atom. The molecule has 0 saturated heterocycles. The summed E-state index contributed by atoms with van der Waals surface area (Å²) in [4.78, 5) is 31.9. The standard InChI is InChI=1S/C20H18BrN3O2S2/c21-13-8-14(27-11-13)10-23-19(26)17-15-5-1-2-6-16(15)28-20(17)24-18(25)12-4-3-7-22-9-12/h3-4,7-9,11H,1-2,5-6,10H2,(H,23,26)(H,24,25). The normalized spacial score (nSPS) is 13.0. The Balaban J connectivity index is 1.58. The predicted octanol–water partition coefficient (Wildman–Crippen LogP) is 5.03. The molecule has 144 valence electrons. The van der Waals surface area contributed by atoms with Gasteiger partial charge in [0.1, 0.15) is 5.00 Å². The minimum absolute atomic E-state index is 0.134. The largest absolute Gasteiger partial charge is 0.347 e. The third-order valence-corrected chi connectivity index (χ3v) is 7.50. The van der Waals surface area contributed by atoms with E-state index in [-0.39, 0.29) is 11.8 Å². The molecule has 0 bridgehead atoms. The summed E-state index contributed by atoms with van der Waals surface area (Å²) in [6.07, 6.45) is 7.17. The third-order valence-electron chi connectivity index (χ3n) is 4.59. The molecule has 1 aliphatic carbocycles. The molecule has 8 heteroatoms. The zero-order valence-corrected chi connectivity index (χ0v) is 18.2. The Morgan fingerprint density at radius 3 is 2.82 bits per heavy atom. The highest BCUT2D eigenvalue weighted by molar-refractivity contribution is 9.10. The summed E-state index contributed by atoms with van der Waals surface area (Å²) < 4.78 is 1.01. The van der Waals surface area contributed by atoms with Crippen LogP contribution in [0.2, 0.25) is 0 Å². The van der Waals surface area contributed by atoms with Crippen LogP contribution in [0.25, 0.3) is 0 Å². The van der Waals surface area contributed by atoms with E-state index >= 15 is 0 Å². The molecule has 3 heterocycles. The number of halogens is 1. The Bertz CT molecular complexity index is 1010. The number of aromatic nitrogens is 1. The minimum Gasteiger partial charge on any atom is -0.347 e. The van der Waals surface area contributed by atoms with E-state index in [1.807, 2.05) is 11.4 Å². The van der Waals surface area contributed by atoms with E-state index in [9.17, 15) is 9.59 Å². The first-order valence-electron chi connectivity index (χ1n) is 8.99. The van der Waals surface area contributed by atoms with Gasteiger partial charge in [-0.3, -0.25) is 14.6 Å². The lowest BCUT2D eigenvalue weighted by atomic mass is 9.95. The number of nitrogens with zero attached hydrogens (tertiary/aromatic N) is 1. The van der Waals surface area contributed by atoms with Crippen LogP contribution in [0.1, 0.15) is 48.9 Å². The van der Waals surface area contributed by atoms with E-state index in [0.29, 0.717) is 22.7 Å². The van der Waals surface area contributed by atoms with Crippen molar-refractivity contribution >= 4 is 55.4 Å². The second kappa shape index (κ2) is 8.55. The molecule has 0 fully saturated rings. The molecule has 0 spiro atoms. The molecule has 0 unspecified atom stereocenters. The van der Waals surface area contributed by atoms with Crippen molar-refractivity contribution in [2.75, 3.05) is 5.32 Å². The molecule has 0 aliphatic heterocycles. The molecule has 2 N–H and O–H groups in total. The molecule has 0 radical (unpaired) electrons. The van der Waals surface area contributed by atoms with Crippen molar-refractivity contribution in [1.29, 1.82) is 0 Å². The van der Waals surface area contributed by atoms with Gasteiger partial charge in [0.05, 0.1) is 17.7 Å². The fraction of sp³-hybridized carbons (Fsp3) is 0.250. The first-order chi connectivity index (χ1) is 13.6. The van der Waals surface area contributed by atoms with Crippen molar-refractivity contribution in [3.8, 4) is 0 Å². The smallest absolute Gasteiger partial charge is 0.257 e. The fourth-order valence-electron chi connectivity index (χ4n) is 3.27. The monoisotopic (exact) mass is 475 g/mol. The van der Waals surface area contributed by atoms with Crippen molar-refractivity contribution in [2.45, 2.75) is 32.2 Å². The lowest BCUT2D eigenvalue weighted by Crippen LogP contribution is -2.25. The zero-order chi connectivity index (χ0) is 19.5. The number of nitrogens with one attached hydrogen (secondary N) is 2. The van der Waals surface area contributed by atoms with Crippen LogP contribution < -0.4 is 10.6 Å². The van der Waals surface area contributed by atoms with Gasteiger partial charge in [-0.15, -0.1) is 22.7 Å². The van der Waals surface area contributed by atoms with Crippen molar-refractivity contribution < 1.29 is 9.59 Å². The zero-order valence-electron chi connectivity index (χ0n) is 15.0. The van der Waals surface area contributed by atoms with Crippen LogP contribution in [0.15, 0.2) is 40.4 Å². The van der Waals surface area contributed by atoms with Gasteiger partial charge in [-0.25, -0.2) is 0 Å². The molecular weight excluding hydrogens is 458 g/mol. The van der Waals surface area contributed by atoms with Gasteiger partial charge in [-0.05, 0) is 65.4 Å². The molecule has 1 aliphatic rings. The van der Waals surface area contributed by atoms with Crippen molar-refractivity contribution in [1.82, 2.24) is 10.3 Å². The van der Waals surface area contributed by atoms with Crippen LogP contribution in [-0.2, 0) is 19.4 Å². The number of pyridine rings is 1. The van der Waals surface area contributed by atoms with Crippen LogP contribution in [0.4, 0.5) is 5.00 Å². The van der Waals surface area contributed by atoms with Gasteiger partial charge in [-0.1, -0.05) is 0 Å². The summed E-state index contributed by atoms with van der Waals surface area (Å²) in [6, 6.07) is 5.44. The highest BCUT2D eigenvalue weighted by Gasteiger charge is 2.26. The van der Waals surface area contributed by atoms with Gasteiger partial charge in [0.2, 0.25) is 0 Å². The molecule has 0 saturated carbocycles. The average Bonchev–Trinajstić information content (AvgIpc) is 3.29. The van der Waals surface area contributed by atoms with E-state index in [4.69, 9.17) is 0 Å². The third kappa shape index (κ3) is 4.19. The predicted molar refractivity (Wildman–Crippen MR) is 116 cm³/mol. The number of hydrogen-bond donors (Lipinski definition) is 2. The van der Waals surface area contributed by atoms with E-state index in [1.165, 1.54) is 22.4 Å². The summed E-state index contributed by atoms with van der Waals surface area (Å²) in [6.45, 7) is 0.468. The lowest BCUT2D eigenvalue weighted by Gasteiger charge is -2.13. The Morgan fingerprint density at radius 2 is 2.07 bits per heavy atom. The molecule has 5 nitrogen and oxygen atoms in total. The van der Waals surface area contributed by atoms with E-state index in [0.717, 1.165) is 40.6 Å². The van der Waals surface area contributed by atoms with Crippen LogP contribution >= 0.6 is 38.6 Å². The van der Waals surface area contributed by atoms with Gasteiger partial charge in [0, 0.05) is 32.0 Å². The first-order valence-corrected chi connectivity index (χ1v) is 11.5. The number of carbonyl (C=O) groups excluding carboxylic acids is 2. The number of amides is 2. The van der Waals surface area contributed by atoms with E-state index in [2.05, 4.69) is 31.5 Å². The minimum atomic E-state index is -0.247. The Labute approximate surface area is 179 Å². The van der Waals surface area contributed by atoms with Crippen LogP contribution in [0, 0.1) is 0 Å². The SMILES string of the molecule is O=C(Nc1sc2c(c1C(=O)NCc1cc(Br)cs1)CCCC2)c1cccnc1. The van der Waals surface area contributed by atoms with Gasteiger partial charge < -0.3 is 10.6 Å². The summed E-state index contributed by atoms with van der Waals surface area (Å²) in [5, 5.41) is 8.58. The molecule has 3 aromatic heterocycles. The van der Waals surface area contributed by atoms with Crippen molar-refractivity contribution in [3.63, 3.8) is 0 Å². The number of thiophene rings is 2. The Hall–Kier alpha value is -2.03. The van der Waals surface area contributed by atoms with Gasteiger partial charge >= 0.3 is 0 Å². The maximum absolute atomic E-state index is 13.0. The topological polar surface area (TPSA) is 71.1 Å². The summed E-state index contributed by atoms with van der Waals surface area (Å²) in [5.41, 5.74) is 2.18. The summed E-state index contributed by atoms with van der Waals surface area (Å²) in [5.74, 6) is -0.381. The fourth-order valence-corrected chi connectivity index (χ4v) is 5.94. The van der Waals surface area contributed by atoms with Gasteiger partial charge in [0.25, 0.3) is 11.8 Å². The maximum Gasteiger partial charge on any atom is 0.257 e. The highest BCUT2D eigenvalue weighted by Crippen LogP contribution is 2.38. The number of fused-ring (bicyclic) bond motifs is 1. The highest BCUT2D eigenvalue weighted by atomic mass is 79.9. The maximum atomic E-state index is 13.0. The van der Waals surface area contributed by atoms with Crippen molar-refractivity contribution in [3.05, 3.63) is 66.9 Å². The number of anilines is 1. The van der Waals surface area contributed by atoms with Crippen LogP contribution in [0.5, 0.6) is 0 Å². The average molecular weight is 476 g/mol. The van der Waals surface area contributed by atoms with Crippen LogP contribution in [0.3, 0.4) is 0 Å². The quantitative estimate of drug-likeness (QED) is 0.543. The molecule has 28 heavy (non-hydrogen) atoms. The molecule has 0 aromatic carbocycles. The van der Waals surface area contributed by atoms with E-state index in [1.54, 1.807) is 29.7 Å². The van der Waals surface area contributed by atoms with E-state index < -0.39 is 0 Å². The molecular formula is C20H18BrN3O2S2. The molecule has 2 amide bonds. The number of rotatable bonds is 5. The van der Waals surface area contributed by atoms with Crippen molar-refractivity contribution in [2.24, 2.45) is 0 Å². The molecule has 0 atom stereocenters. The van der Waals surface area contributed by atoms with Gasteiger partial charge in [0.15, 0.2) is 0 Å². The second-order valence-corrected chi connectivity index (χ2v) is 9.54. The lowest BCUT2D eigenvalue weighted by molar-refractivity contribution is 0.0951. The molecule has 4 rings (SSSR count). The first kappa shape index (κ1) is 19.3. The number of carbonyl (C=O) groups is 2. The molecule has 3 aromatic rings. The van der Waals surface area contributed by atoms with Crippen LogP contribution in [-0.4, -0.2) is 16.8 Å². The number of aryl methyl sites for hydroxylation is 1. The Kier molecular flexibility index (Phi) is 5.89. The van der Waals surface area contributed by atoms with Gasteiger partial charge in [-0.2, -0.15) is 0 Å².